The molecule has 0 aliphatic carbocycles. The summed E-state index contributed by atoms with van der Waals surface area (Å²) in [6.07, 6.45) is 0. The molecule has 0 aromatic heterocycles. The molecule has 1 unspecified atom stereocenters. The molecule has 0 spiro atoms. The number of fused-ring (bicyclic) bond motifs is 4. The van der Waals surface area contributed by atoms with E-state index in [0.717, 1.165) is 5.56 Å². The minimum absolute atomic E-state index is 0.171. The molecule has 0 saturated carbocycles. The van der Waals surface area contributed by atoms with E-state index < -0.39 is 11.6 Å². The van der Waals surface area contributed by atoms with Crippen LogP contribution in [0.3, 0.4) is 0 Å². The topological polar surface area (TPSA) is 27.7 Å². The van der Waals surface area contributed by atoms with Crippen molar-refractivity contribution in [2.75, 3.05) is 0 Å². The van der Waals surface area contributed by atoms with Gasteiger partial charge in [0, 0.05) is 11.5 Å². The standard InChI is InChI=1S/C12H14O3/c1-8-9-6-4-5-7-10(9)12(3)13-11(8,2)14-15-12/h4-8H,1-3H3/t8?,11-,12+/m1/s1. The van der Waals surface area contributed by atoms with Crippen molar-refractivity contribution in [3.8, 4) is 0 Å². The summed E-state index contributed by atoms with van der Waals surface area (Å²) in [5.41, 5.74) is 2.30. The predicted molar refractivity (Wildman–Crippen MR) is 53.9 cm³/mol. The molecule has 80 valence electrons. The summed E-state index contributed by atoms with van der Waals surface area (Å²) >= 11 is 0. The zero-order valence-electron chi connectivity index (χ0n) is 9.11. The third-order valence-electron chi connectivity index (χ3n) is 3.47. The molecular formula is C12H14O3. The summed E-state index contributed by atoms with van der Waals surface area (Å²) in [5.74, 6) is -1.25. The Bertz CT molecular complexity index is 417. The van der Waals surface area contributed by atoms with Crippen molar-refractivity contribution in [3.63, 3.8) is 0 Å². The van der Waals surface area contributed by atoms with E-state index in [-0.39, 0.29) is 5.92 Å². The molecule has 1 aromatic rings. The number of benzene rings is 1. The molecule has 0 radical (unpaired) electrons. The van der Waals surface area contributed by atoms with Crippen molar-refractivity contribution < 1.29 is 14.5 Å². The van der Waals surface area contributed by atoms with Gasteiger partial charge in [-0.2, -0.15) is 9.78 Å². The van der Waals surface area contributed by atoms with Gasteiger partial charge in [0.1, 0.15) is 0 Å². The lowest BCUT2D eigenvalue weighted by Gasteiger charge is -2.36. The Hall–Kier alpha value is -0.900. The van der Waals surface area contributed by atoms with E-state index in [4.69, 9.17) is 14.5 Å². The Morgan fingerprint density at radius 1 is 1.13 bits per heavy atom. The number of hydrogen-bond donors (Lipinski definition) is 0. The van der Waals surface area contributed by atoms with Crippen LogP contribution in [0.15, 0.2) is 24.3 Å². The van der Waals surface area contributed by atoms with E-state index in [1.165, 1.54) is 5.56 Å². The molecule has 0 N–H and O–H groups in total. The molecule has 2 aliphatic heterocycles. The molecule has 2 heterocycles. The summed E-state index contributed by atoms with van der Waals surface area (Å²) in [4.78, 5) is 10.7. The molecule has 1 aromatic carbocycles. The molecule has 0 amide bonds. The first kappa shape index (κ1) is 9.33. The lowest BCUT2D eigenvalue weighted by atomic mass is 9.84. The second-order valence-electron chi connectivity index (χ2n) is 4.54. The predicted octanol–water partition coefficient (Wildman–Crippen LogP) is 2.67. The first-order valence-corrected chi connectivity index (χ1v) is 5.22. The first-order chi connectivity index (χ1) is 7.05. The first-order valence-electron chi connectivity index (χ1n) is 5.22. The smallest absolute Gasteiger partial charge is 0.228 e. The highest BCUT2D eigenvalue weighted by molar-refractivity contribution is 5.37. The number of ether oxygens (including phenoxy) is 1. The quantitative estimate of drug-likeness (QED) is 0.611. The van der Waals surface area contributed by atoms with E-state index in [0.29, 0.717) is 0 Å². The van der Waals surface area contributed by atoms with Crippen molar-refractivity contribution in [3.05, 3.63) is 35.4 Å². The maximum atomic E-state index is 5.87. The normalized spacial score (nSPS) is 42.7. The third kappa shape index (κ3) is 1.06. The summed E-state index contributed by atoms with van der Waals surface area (Å²) in [6, 6.07) is 8.16. The number of rotatable bonds is 0. The lowest BCUT2D eigenvalue weighted by Crippen LogP contribution is -2.40. The van der Waals surface area contributed by atoms with Crippen molar-refractivity contribution >= 4 is 0 Å². The van der Waals surface area contributed by atoms with E-state index in [9.17, 15) is 0 Å². The lowest BCUT2D eigenvalue weighted by molar-refractivity contribution is -0.346. The van der Waals surface area contributed by atoms with Crippen LogP contribution in [-0.4, -0.2) is 5.79 Å². The summed E-state index contributed by atoms with van der Waals surface area (Å²) in [5, 5.41) is 0. The largest absolute Gasteiger partial charge is 0.308 e. The molecule has 3 heteroatoms. The van der Waals surface area contributed by atoms with Gasteiger partial charge >= 0.3 is 0 Å². The minimum atomic E-state index is -0.752. The average Bonchev–Trinajstić information content (AvgIpc) is 2.53. The van der Waals surface area contributed by atoms with Gasteiger partial charge in [-0.1, -0.05) is 31.2 Å². The highest BCUT2D eigenvalue weighted by Crippen LogP contribution is 2.53. The second-order valence-corrected chi connectivity index (χ2v) is 4.54. The van der Waals surface area contributed by atoms with Gasteiger partial charge in [-0.3, -0.25) is 0 Å². The maximum Gasteiger partial charge on any atom is 0.228 e. The molecule has 1 fully saturated rings. The average molecular weight is 206 g/mol. The maximum absolute atomic E-state index is 5.87. The van der Waals surface area contributed by atoms with Crippen molar-refractivity contribution in [2.24, 2.45) is 0 Å². The van der Waals surface area contributed by atoms with Gasteiger partial charge in [0.05, 0.1) is 0 Å². The van der Waals surface area contributed by atoms with Crippen LogP contribution in [-0.2, 0) is 20.3 Å². The molecular weight excluding hydrogens is 192 g/mol. The van der Waals surface area contributed by atoms with Gasteiger partial charge in [-0.25, -0.2) is 0 Å². The van der Waals surface area contributed by atoms with Crippen LogP contribution < -0.4 is 0 Å². The van der Waals surface area contributed by atoms with Gasteiger partial charge in [0.15, 0.2) is 0 Å². The fourth-order valence-electron chi connectivity index (χ4n) is 2.41. The van der Waals surface area contributed by atoms with Crippen molar-refractivity contribution in [1.82, 2.24) is 0 Å². The SMILES string of the molecule is CC1c2ccccc2[C@]2(C)OO[C@@]1(C)O2. The van der Waals surface area contributed by atoms with Crippen molar-refractivity contribution in [2.45, 2.75) is 38.3 Å². The zero-order chi connectivity index (χ0) is 10.7. The van der Waals surface area contributed by atoms with Gasteiger partial charge in [-0.15, -0.1) is 0 Å². The highest BCUT2D eigenvalue weighted by Gasteiger charge is 2.57. The number of hydrogen-bond acceptors (Lipinski definition) is 3. The molecule has 15 heavy (non-hydrogen) atoms. The Morgan fingerprint density at radius 2 is 1.87 bits per heavy atom. The van der Waals surface area contributed by atoms with E-state index in [1.54, 1.807) is 0 Å². The summed E-state index contributed by atoms with van der Waals surface area (Å²) < 4.78 is 5.87. The highest BCUT2D eigenvalue weighted by atomic mass is 17.3. The van der Waals surface area contributed by atoms with Crippen LogP contribution in [0.25, 0.3) is 0 Å². The molecule has 3 atom stereocenters. The minimum Gasteiger partial charge on any atom is -0.308 e. The monoisotopic (exact) mass is 206 g/mol. The van der Waals surface area contributed by atoms with Gasteiger partial charge < -0.3 is 4.74 Å². The molecule has 2 bridgehead atoms. The Morgan fingerprint density at radius 3 is 2.67 bits per heavy atom. The fourth-order valence-corrected chi connectivity index (χ4v) is 2.41. The fraction of sp³-hybridized carbons (Fsp3) is 0.500. The van der Waals surface area contributed by atoms with Crippen LogP contribution in [0.1, 0.15) is 37.8 Å². The van der Waals surface area contributed by atoms with E-state index in [1.807, 2.05) is 32.0 Å². The van der Waals surface area contributed by atoms with Crippen LogP contribution in [0.4, 0.5) is 0 Å². The third-order valence-corrected chi connectivity index (χ3v) is 3.47. The molecule has 3 nitrogen and oxygen atoms in total. The van der Waals surface area contributed by atoms with Crippen LogP contribution >= 0.6 is 0 Å². The second kappa shape index (κ2) is 2.61. The van der Waals surface area contributed by atoms with E-state index >= 15 is 0 Å². The van der Waals surface area contributed by atoms with E-state index in [2.05, 4.69) is 13.0 Å². The Balaban J connectivity index is 2.25. The van der Waals surface area contributed by atoms with Crippen LogP contribution in [0.5, 0.6) is 0 Å². The van der Waals surface area contributed by atoms with Gasteiger partial charge in [0.2, 0.25) is 11.6 Å². The van der Waals surface area contributed by atoms with Crippen LogP contribution in [0, 0.1) is 0 Å². The molecule has 1 saturated heterocycles. The Labute approximate surface area is 88.9 Å². The molecule has 2 aliphatic rings. The molecule has 3 rings (SSSR count). The zero-order valence-corrected chi connectivity index (χ0v) is 9.11. The van der Waals surface area contributed by atoms with Gasteiger partial charge in [-0.05, 0) is 19.4 Å². The summed E-state index contributed by atoms with van der Waals surface area (Å²) in [6.45, 7) is 5.90. The summed E-state index contributed by atoms with van der Waals surface area (Å²) in [7, 11) is 0. The van der Waals surface area contributed by atoms with Gasteiger partial charge in [0.25, 0.3) is 0 Å². The Kier molecular flexibility index (Phi) is 1.63. The van der Waals surface area contributed by atoms with Crippen LogP contribution in [0.2, 0.25) is 0 Å². The van der Waals surface area contributed by atoms with Crippen molar-refractivity contribution in [1.29, 1.82) is 0 Å².